The third-order valence-electron chi connectivity index (χ3n) is 3.91. The van der Waals surface area contributed by atoms with Gasteiger partial charge in [0, 0.05) is 12.1 Å². The number of anilines is 1. The highest BCUT2D eigenvalue weighted by Crippen LogP contribution is 2.29. The lowest BCUT2D eigenvalue weighted by Crippen LogP contribution is -2.32. The number of rotatable bonds is 7. The van der Waals surface area contributed by atoms with Gasteiger partial charge >= 0.3 is 5.97 Å². The molecule has 0 aliphatic heterocycles. The number of esters is 1. The number of carbonyl (C=O) groups excluding carboxylic acids is 1. The molecule has 9 heteroatoms. The number of non-ortho nitro benzene ring substituents is 1. The lowest BCUT2D eigenvalue weighted by Gasteiger charge is -2.25. The summed E-state index contributed by atoms with van der Waals surface area (Å²) in [5.74, 6) is -0.583. The van der Waals surface area contributed by atoms with Crippen molar-refractivity contribution >= 4 is 27.4 Å². The van der Waals surface area contributed by atoms with Crippen LogP contribution in [0.25, 0.3) is 0 Å². The van der Waals surface area contributed by atoms with E-state index >= 15 is 0 Å². The zero-order valence-corrected chi connectivity index (χ0v) is 15.6. The predicted molar refractivity (Wildman–Crippen MR) is 100 cm³/mol. The number of nitro benzene ring substituents is 1. The van der Waals surface area contributed by atoms with E-state index in [1.165, 1.54) is 31.4 Å². The molecule has 8 nitrogen and oxygen atoms in total. The second-order valence-corrected chi connectivity index (χ2v) is 7.38. The van der Waals surface area contributed by atoms with Crippen molar-refractivity contribution in [3.8, 4) is 0 Å². The Kier molecular flexibility index (Phi) is 5.96. The van der Waals surface area contributed by atoms with Gasteiger partial charge in [0.25, 0.3) is 15.7 Å². The van der Waals surface area contributed by atoms with Crippen molar-refractivity contribution in [2.45, 2.75) is 11.8 Å². The monoisotopic (exact) mass is 390 g/mol. The zero-order chi connectivity index (χ0) is 20.2. The third-order valence-corrected chi connectivity index (χ3v) is 5.70. The zero-order valence-electron chi connectivity index (χ0n) is 14.8. The third kappa shape index (κ3) is 3.98. The summed E-state index contributed by atoms with van der Waals surface area (Å²) in [6.07, 6.45) is 1.41. The van der Waals surface area contributed by atoms with Crippen molar-refractivity contribution in [1.82, 2.24) is 0 Å². The van der Waals surface area contributed by atoms with Gasteiger partial charge < -0.3 is 4.74 Å². The normalized spacial score (nSPS) is 10.9. The maximum atomic E-state index is 13.1. The Labute approximate surface area is 156 Å². The summed E-state index contributed by atoms with van der Waals surface area (Å²) in [6.45, 7) is 5.15. The minimum Gasteiger partial charge on any atom is -0.465 e. The van der Waals surface area contributed by atoms with Gasteiger partial charge in [-0.15, -0.1) is 6.58 Å². The van der Waals surface area contributed by atoms with Gasteiger partial charge in [-0.2, -0.15) is 0 Å². The minimum atomic E-state index is -4.04. The Hall–Kier alpha value is -3.20. The first-order valence-corrected chi connectivity index (χ1v) is 9.24. The van der Waals surface area contributed by atoms with E-state index in [-0.39, 0.29) is 28.4 Å². The van der Waals surface area contributed by atoms with Gasteiger partial charge in [0.2, 0.25) is 0 Å². The lowest BCUT2D eigenvalue weighted by molar-refractivity contribution is -0.384. The van der Waals surface area contributed by atoms with Crippen LogP contribution in [0.15, 0.2) is 60.0 Å². The number of methoxy groups -OCH3 is 1. The molecule has 0 amide bonds. The molecule has 2 rings (SSSR count). The highest BCUT2D eigenvalue weighted by Gasteiger charge is 2.27. The van der Waals surface area contributed by atoms with Crippen molar-refractivity contribution < 1.29 is 22.9 Å². The van der Waals surface area contributed by atoms with Crippen LogP contribution in [0.3, 0.4) is 0 Å². The molecule has 2 aromatic carbocycles. The molecule has 27 heavy (non-hydrogen) atoms. The first kappa shape index (κ1) is 20.1. The molecule has 0 spiro atoms. The molecule has 0 unspecified atom stereocenters. The van der Waals surface area contributed by atoms with Crippen molar-refractivity contribution in [3.05, 3.63) is 76.4 Å². The molecule has 0 saturated heterocycles. The van der Waals surface area contributed by atoms with Gasteiger partial charge in [-0.05, 0) is 36.8 Å². The van der Waals surface area contributed by atoms with Gasteiger partial charge in [-0.1, -0.05) is 12.1 Å². The summed E-state index contributed by atoms with van der Waals surface area (Å²) in [7, 11) is -2.80. The van der Waals surface area contributed by atoms with Gasteiger partial charge in [-0.3, -0.25) is 14.4 Å². The van der Waals surface area contributed by atoms with E-state index in [0.29, 0.717) is 5.56 Å². The molecule has 0 N–H and O–H groups in total. The summed E-state index contributed by atoms with van der Waals surface area (Å²) >= 11 is 0. The lowest BCUT2D eigenvalue weighted by atomic mass is 10.1. The van der Waals surface area contributed by atoms with E-state index < -0.39 is 20.9 Å². The molecule has 0 fully saturated rings. The van der Waals surface area contributed by atoms with Gasteiger partial charge in [0.15, 0.2) is 0 Å². The van der Waals surface area contributed by atoms with Crippen LogP contribution in [0.5, 0.6) is 0 Å². The number of nitrogens with zero attached hydrogens (tertiary/aromatic N) is 2. The predicted octanol–water partition coefficient (Wildman–Crippen LogP) is 3.07. The quantitative estimate of drug-likeness (QED) is 0.311. The highest BCUT2D eigenvalue weighted by atomic mass is 32.2. The molecule has 0 aliphatic carbocycles. The van der Waals surface area contributed by atoms with E-state index in [9.17, 15) is 23.3 Å². The molecule has 0 radical (unpaired) electrons. The summed E-state index contributed by atoms with van der Waals surface area (Å²) in [4.78, 5) is 22.0. The van der Waals surface area contributed by atoms with Crippen LogP contribution < -0.4 is 4.31 Å². The first-order valence-electron chi connectivity index (χ1n) is 7.80. The maximum absolute atomic E-state index is 13.1. The molecular formula is C18H18N2O6S. The number of hydrogen-bond acceptors (Lipinski definition) is 6. The van der Waals surface area contributed by atoms with Crippen molar-refractivity contribution in [1.29, 1.82) is 0 Å². The summed E-state index contributed by atoms with van der Waals surface area (Å²) < 4.78 is 32.0. The number of ether oxygens (including phenoxy) is 1. The first-order chi connectivity index (χ1) is 12.7. The van der Waals surface area contributed by atoms with Gasteiger partial charge in [0.1, 0.15) is 0 Å². The number of sulfonamides is 1. The molecular weight excluding hydrogens is 372 g/mol. The number of hydrogen-bond donors (Lipinski definition) is 0. The molecule has 0 aromatic heterocycles. The van der Waals surface area contributed by atoms with Crippen molar-refractivity contribution in [3.63, 3.8) is 0 Å². The van der Waals surface area contributed by atoms with Crippen LogP contribution in [0.2, 0.25) is 0 Å². The smallest absolute Gasteiger partial charge is 0.338 e. The van der Waals surface area contributed by atoms with Gasteiger partial charge in [-0.25, -0.2) is 13.2 Å². The van der Waals surface area contributed by atoms with Crippen LogP contribution in [0.4, 0.5) is 11.4 Å². The van der Waals surface area contributed by atoms with Crippen LogP contribution in [-0.4, -0.2) is 33.0 Å². The number of carbonyl (C=O) groups is 1. The number of nitro groups is 1. The van der Waals surface area contributed by atoms with E-state index in [1.807, 2.05) is 0 Å². The summed E-state index contributed by atoms with van der Waals surface area (Å²) in [6, 6.07) is 9.24. The largest absolute Gasteiger partial charge is 0.465 e. The van der Waals surface area contributed by atoms with E-state index in [0.717, 1.165) is 16.4 Å². The Morgan fingerprint density at radius 2 is 1.89 bits per heavy atom. The fourth-order valence-corrected chi connectivity index (χ4v) is 4.03. The van der Waals surface area contributed by atoms with Gasteiger partial charge in [0.05, 0.1) is 34.7 Å². The molecule has 2 aromatic rings. The molecule has 0 aliphatic rings. The standard InChI is InChI=1S/C18H18N2O6S/c1-4-12-19(17-7-5-6-16(13(17)2)18(21)26-3)27(24,25)15-10-8-14(9-11-15)20(22)23/h4-11H,1,12H2,2-3H3. The minimum absolute atomic E-state index is 0.0508. The van der Waals surface area contributed by atoms with Crippen molar-refractivity contribution in [2.75, 3.05) is 18.0 Å². The Balaban J connectivity index is 2.58. The van der Waals surface area contributed by atoms with E-state index in [1.54, 1.807) is 19.1 Å². The molecule has 0 heterocycles. The SMILES string of the molecule is C=CCN(c1cccc(C(=O)OC)c1C)S(=O)(=O)c1ccc([N+](=O)[O-])cc1. The average Bonchev–Trinajstić information content (AvgIpc) is 2.66. The second kappa shape index (κ2) is 8.00. The number of benzene rings is 2. The summed E-state index contributed by atoms with van der Waals surface area (Å²) in [5, 5.41) is 10.8. The highest BCUT2D eigenvalue weighted by molar-refractivity contribution is 7.92. The van der Waals surface area contributed by atoms with Crippen LogP contribution in [-0.2, 0) is 14.8 Å². The Morgan fingerprint density at radius 1 is 1.26 bits per heavy atom. The summed E-state index contributed by atoms with van der Waals surface area (Å²) in [5.41, 5.74) is 0.740. The average molecular weight is 390 g/mol. The Morgan fingerprint density at radius 3 is 2.41 bits per heavy atom. The van der Waals surface area contributed by atoms with Crippen LogP contribution >= 0.6 is 0 Å². The second-order valence-electron chi connectivity index (χ2n) is 5.52. The Bertz CT molecular complexity index is 983. The fourth-order valence-electron chi connectivity index (χ4n) is 2.54. The molecule has 0 saturated carbocycles. The van der Waals surface area contributed by atoms with Crippen molar-refractivity contribution in [2.24, 2.45) is 0 Å². The fraction of sp³-hybridized carbons (Fsp3) is 0.167. The van der Waals surface area contributed by atoms with Crippen LogP contribution in [0, 0.1) is 17.0 Å². The molecule has 0 atom stereocenters. The molecule has 142 valence electrons. The van der Waals surface area contributed by atoms with Crippen LogP contribution in [0.1, 0.15) is 15.9 Å². The van der Waals surface area contributed by atoms with E-state index in [2.05, 4.69) is 6.58 Å². The maximum Gasteiger partial charge on any atom is 0.338 e. The molecule has 0 bridgehead atoms. The topological polar surface area (TPSA) is 107 Å². The van der Waals surface area contributed by atoms with E-state index in [4.69, 9.17) is 4.74 Å².